The normalized spacial score (nSPS) is 23.0. The quantitative estimate of drug-likeness (QED) is 0.926. The van der Waals surface area contributed by atoms with E-state index in [1.807, 2.05) is 0 Å². The Kier molecular flexibility index (Phi) is 4.82. The lowest BCUT2D eigenvalue weighted by molar-refractivity contribution is 0.133. The third-order valence-corrected chi connectivity index (χ3v) is 4.55. The SMILES string of the molecule is Cc1ccc(C(CN)N2CCCC(C)C2)c(Br)c1. The largest absolute Gasteiger partial charge is 0.329 e. The van der Waals surface area contributed by atoms with Crippen molar-refractivity contribution < 1.29 is 0 Å². The zero-order chi connectivity index (χ0) is 13.1. The maximum absolute atomic E-state index is 6.03. The summed E-state index contributed by atoms with van der Waals surface area (Å²) in [4.78, 5) is 2.55. The molecule has 1 aromatic carbocycles. The van der Waals surface area contributed by atoms with Crippen molar-refractivity contribution >= 4 is 15.9 Å². The molecule has 0 bridgehead atoms. The Morgan fingerprint density at radius 2 is 2.28 bits per heavy atom. The zero-order valence-corrected chi connectivity index (χ0v) is 12.9. The van der Waals surface area contributed by atoms with Crippen LogP contribution in [0.2, 0.25) is 0 Å². The predicted octanol–water partition coefficient (Wildman–Crippen LogP) is 3.49. The van der Waals surface area contributed by atoms with Crippen molar-refractivity contribution in [2.75, 3.05) is 19.6 Å². The Morgan fingerprint density at radius 1 is 1.50 bits per heavy atom. The third-order valence-electron chi connectivity index (χ3n) is 3.87. The molecule has 1 fully saturated rings. The topological polar surface area (TPSA) is 29.3 Å². The smallest absolute Gasteiger partial charge is 0.0481 e. The lowest BCUT2D eigenvalue weighted by atomic mass is 9.96. The van der Waals surface area contributed by atoms with E-state index in [9.17, 15) is 0 Å². The molecule has 0 radical (unpaired) electrons. The van der Waals surface area contributed by atoms with Crippen molar-refractivity contribution in [2.45, 2.75) is 32.7 Å². The molecule has 1 aromatic rings. The predicted molar refractivity (Wildman–Crippen MR) is 80.6 cm³/mol. The number of nitrogens with two attached hydrogens (primary N) is 1. The van der Waals surface area contributed by atoms with Gasteiger partial charge in [0.15, 0.2) is 0 Å². The van der Waals surface area contributed by atoms with E-state index in [0.717, 1.165) is 5.92 Å². The Hall–Kier alpha value is -0.380. The van der Waals surface area contributed by atoms with Crippen LogP contribution in [0.15, 0.2) is 22.7 Å². The maximum atomic E-state index is 6.03. The summed E-state index contributed by atoms with van der Waals surface area (Å²) in [5, 5.41) is 0. The first-order valence-corrected chi connectivity index (χ1v) is 7.61. The highest BCUT2D eigenvalue weighted by Crippen LogP contribution is 2.31. The van der Waals surface area contributed by atoms with Crippen LogP contribution in [0.5, 0.6) is 0 Å². The fourth-order valence-electron chi connectivity index (χ4n) is 2.88. The summed E-state index contributed by atoms with van der Waals surface area (Å²) in [6.07, 6.45) is 2.64. The van der Waals surface area contributed by atoms with Crippen LogP contribution in [0.25, 0.3) is 0 Å². The average molecular weight is 311 g/mol. The highest BCUT2D eigenvalue weighted by Gasteiger charge is 2.25. The van der Waals surface area contributed by atoms with E-state index in [1.54, 1.807) is 0 Å². The number of rotatable bonds is 3. The summed E-state index contributed by atoms with van der Waals surface area (Å²) in [6.45, 7) is 7.49. The molecule has 2 rings (SSSR count). The van der Waals surface area contributed by atoms with Crippen molar-refractivity contribution in [2.24, 2.45) is 11.7 Å². The third kappa shape index (κ3) is 3.14. The molecule has 0 aromatic heterocycles. The summed E-state index contributed by atoms with van der Waals surface area (Å²) >= 11 is 3.69. The van der Waals surface area contributed by atoms with Crippen LogP contribution in [-0.4, -0.2) is 24.5 Å². The van der Waals surface area contributed by atoms with E-state index >= 15 is 0 Å². The number of hydrogen-bond acceptors (Lipinski definition) is 2. The summed E-state index contributed by atoms with van der Waals surface area (Å²) in [5.41, 5.74) is 8.64. The van der Waals surface area contributed by atoms with Gasteiger partial charge in [-0.1, -0.05) is 35.0 Å². The highest BCUT2D eigenvalue weighted by molar-refractivity contribution is 9.10. The molecule has 0 aliphatic carbocycles. The average Bonchev–Trinajstić information content (AvgIpc) is 2.33. The number of hydrogen-bond donors (Lipinski definition) is 1. The number of aryl methyl sites for hydroxylation is 1. The molecule has 0 spiro atoms. The van der Waals surface area contributed by atoms with Crippen LogP contribution in [0.4, 0.5) is 0 Å². The molecular formula is C15H23BrN2. The number of nitrogens with zero attached hydrogens (tertiary/aromatic N) is 1. The second-order valence-corrected chi connectivity index (χ2v) is 6.37. The minimum absolute atomic E-state index is 0.350. The number of halogens is 1. The van der Waals surface area contributed by atoms with E-state index in [0.29, 0.717) is 12.6 Å². The number of likely N-dealkylation sites (tertiary alicyclic amines) is 1. The Bertz CT molecular complexity index is 405. The number of piperidine rings is 1. The molecule has 100 valence electrons. The van der Waals surface area contributed by atoms with Gasteiger partial charge in [-0.05, 0) is 49.4 Å². The fourth-order valence-corrected chi connectivity index (χ4v) is 3.64. The zero-order valence-electron chi connectivity index (χ0n) is 11.3. The van der Waals surface area contributed by atoms with Gasteiger partial charge in [-0.2, -0.15) is 0 Å². The van der Waals surface area contributed by atoms with Gasteiger partial charge in [-0.15, -0.1) is 0 Å². The molecule has 1 aliphatic rings. The molecule has 0 saturated carbocycles. The Balaban J connectivity index is 2.21. The highest BCUT2D eigenvalue weighted by atomic mass is 79.9. The van der Waals surface area contributed by atoms with Crippen molar-refractivity contribution in [3.63, 3.8) is 0 Å². The van der Waals surface area contributed by atoms with E-state index < -0.39 is 0 Å². The molecule has 3 heteroatoms. The Morgan fingerprint density at radius 3 is 2.89 bits per heavy atom. The monoisotopic (exact) mass is 310 g/mol. The second-order valence-electron chi connectivity index (χ2n) is 5.52. The van der Waals surface area contributed by atoms with Crippen LogP contribution in [0.1, 0.15) is 36.9 Å². The van der Waals surface area contributed by atoms with Gasteiger partial charge in [0.25, 0.3) is 0 Å². The van der Waals surface area contributed by atoms with E-state index in [4.69, 9.17) is 5.73 Å². The van der Waals surface area contributed by atoms with Crippen molar-refractivity contribution in [1.82, 2.24) is 4.90 Å². The van der Waals surface area contributed by atoms with Crippen molar-refractivity contribution in [1.29, 1.82) is 0 Å². The molecule has 2 N–H and O–H groups in total. The lowest BCUT2D eigenvalue weighted by Crippen LogP contribution is -2.40. The first-order valence-electron chi connectivity index (χ1n) is 6.82. The van der Waals surface area contributed by atoms with Crippen molar-refractivity contribution in [3.05, 3.63) is 33.8 Å². The van der Waals surface area contributed by atoms with Crippen LogP contribution in [-0.2, 0) is 0 Å². The van der Waals surface area contributed by atoms with Gasteiger partial charge in [-0.25, -0.2) is 0 Å². The first-order chi connectivity index (χ1) is 8.61. The summed E-state index contributed by atoms with van der Waals surface area (Å²) in [5.74, 6) is 0.789. The standard InChI is InChI=1S/C15H23BrN2/c1-11-5-6-13(14(16)8-11)15(9-17)18-7-3-4-12(2)10-18/h5-6,8,12,15H,3-4,7,9-10,17H2,1-2H3. The summed E-state index contributed by atoms with van der Waals surface area (Å²) < 4.78 is 1.19. The minimum Gasteiger partial charge on any atom is -0.329 e. The van der Waals surface area contributed by atoms with Gasteiger partial charge in [0.05, 0.1) is 0 Å². The number of benzene rings is 1. The molecule has 2 unspecified atom stereocenters. The lowest BCUT2D eigenvalue weighted by Gasteiger charge is -2.37. The molecule has 1 aliphatic heterocycles. The fraction of sp³-hybridized carbons (Fsp3) is 0.600. The van der Waals surface area contributed by atoms with Crippen LogP contribution in [0.3, 0.4) is 0 Å². The molecule has 1 saturated heterocycles. The van der Waals surface area contributed by atoms with Gasteiger partial charge >= 0.3 is 0 Å². The van der Waals surface area contributed by atoms with Crippen LogP contribution in [0, 0.1) is 12.8 Å². The van der Waals surface area contributed by atoms with Gasteiger partial charge in [-0.3, -0.25) is 4.90 Å². The molecule has 1 heterocycles. The van der Waals surface area contributed by atoms with Gasteiger partial charge in [0.1, 0.15) is 0 Å². The molecule has 2 nitrogen and oxygen atoms in total. The summed E-state index contributed by atoms with van der Waals surface area (Å²) in [7, 11) is 0. The van der Waals surface area contributed by atoms with E-state index in [2.05, 4.69) is 52.9 Å². The molecule has 18 heavy (non-hydrogen) atoms. The van der Waals surface area contributed by atoms with Gasteiger partial charge in [0.2, 0.25) is 0 Å². The van der Waals surface area contributed by atoms with E-state index in [1.165, 1.54) is 41.5 Å². The molecule has 2 atom stereocenters. The second kappa shape index (κ2) is 6.18. The minimum atomic E-state index is 0.350. The van der Waals surface area contributed by atoms with Crippen LogP contribution >= 0.6 is 15.9 Å². The van der Waals surface area contributed by atoms with Gasteiger partial charge in [0, 0.05) is 23.6 Å². The summed E-state index contributed by atoms with van der Waals surface area (Å²) in [6, 6.07) is 6.93. The van der Waals surface area contributed by atoms with Crippen LogP contribution < -0.4 is 5.73 Å². The maximum Gasteiger partial charge on any atom is 0.0481 e. The van der Waals surface area contributed by atoms with Gasteiger partial charge < -0.3 is 5.73 Å². The molecular weight excluding hydrogens is 288 g/mol. The molecule has 0 amide bonds. The first kappa shape index (κ1) is 14.0. The van der Waals surface area contributed by atoms with Crippen molar-refractivity contribution in [3.8, 4) is 0 Å². The van der Waals surface area contributed by atoms with E-state index in [-0.39, 0.29) is 0 Å². The Labute approximate surface area is 119 Å².